The third kappa shape index (κ3) is 8.93. The molecule has 0 fully saturated rings. The van der Waals surface area contributed by atoms with Crippen molar-refractivity contribution in [1.29, 1.82) is 0 Å². The zero-order valence-corrected chi connectivity index (χ0v) is 22.3. The zero-order valence-electron chi connectivity index (χ0n) is 22.3. The standard InChI is InChI=1S/C28H39FN6O2/c1-5-7-9-23-17-26(33-24(16-20(3)4)27(36)30-14-8-15-37-6-2)34-28(32-23)35-18-25(31-19-35)21-10-12-22(29)13-11-21/h10-13,17-20,24H,5-9,14-16H2,1-4H3,(H,30,36)(H,32,33,34)/t24-/m0/s1. The zero-order chi connectivity index (χ0) is 26.6. The number of imidazole rings is 1. The molecule has 3 aromatic rings. The van der Waals surface area contributed by atoms with Gasteiger partial charge < -0.3 is 15.4 Å². The van der Waals surface area contributed by atoms with Gasteiger partial charge in [-0.05, 0) is 62.8 Å². The number of rotatable bonds is 15. The van der Waals surface area contributed by atoms with Gasteiger partial charge in [0.15, 0.2) is 0 Å². The van der Waals surface area contributed by atoms with Crippen molar-refractivity contribution in [2.45, 2.75) is 65.8 Å². The predicted molar refractivity (Wildman–Crippen MR) is 144 cm³/mol. The summed E-state index contributed by atoms with van der Waals surface area (Å²) < 4.78 is 20.5. The molecule has 0 aliphatic carbocycles. The van der Waals surface area contributed by atoms with Gasteiger partial charge in [0.2, 0.25) is 11.9 Å². The van der Waals surface area contributed by atoms with Crippen LogP contribution in [-0.2, 0) is 16.0 Å². The number of aryl methyl sites for hydroxylation is 1. The van der Waals surface area contributed by atoms with Crippen LogP contribution in [0.1, 0.15) is 59.1 Å². The number of anilines is 1. The van der Waals surface area contributed by atoms with E-state index in [0.717, 1.165) is 36.9 Å². The summed E-state index contributed by atoms with van der Waals surface area (Å²) in [7, 11) is 0. The molecule has 0 bridgehead atoms. The molecule has 2 heterocycles. The topological polar surface area (TPSA) is 94.0 Å². The Kier molecular flexibility index (Phi) is 11.0. The molecule has 0 aliphatic rings. The van der Waals surface area contributed by atoms with Gasteiger partial charge in [-0.25, -0.2) is 14.4 Å². The Morgan fingerprint density at radius 1 is 1.14 bits per heavy atom. The first-order valence-corrected chi connectivity index (χ1v) is 13.2. The summed E-state index contributed by atoms with van der Waals surface area (Å²) in [5.41, 5.74) is 2.40. The van der Waals surface area contributed by atoms with Crippen LogP contribution < -0.4 is 10.6 Å². The molecule has 200 valence electrons. The molecule has 2 N–H and O–H groups in total. The van der Waals surface area contributed by atoms with Gasteiger partial charge in [0.25, 0.3) is 0 Å². The number of amides is 1. The van der Waals surface area contributed by atoms with Crippen LogP contribution in [0.3, 0.4) is 0 Å². The number of halogens is 1. The number of carbonyl (C=O) groups excluding carboxylic acids is 1. The number of aromatic nitrogens is 4. The van der Waals surface area contributed by atoms with Crippen LogP contribution >= 0.6 is 0 Å². The largest absolute Gasteiger partial charge is 0.382 e. The molecule has 3 rings (SSSR count). The predicted octanol–water partition coefficient (Wildman–Crippen LogP) is 5.18. The van der Waals surface area contributed by atoms with Gasteiger partial charge in [-0.3, -0.25) is 9.36 Å². The molecule has 2 aromatic heterocycles. The van der Waals surface area contributed by atoms with E-state index >= 15 is 0 Å². The average molecular weight is 511 g/mol. The second-order valence-corrected chi connectivity index (χ2v) is 9.49. The van der Waals surface area contributed by atoms with Gasteiger partial charge in [0.1, 0.15) is 24.0 Å². The highest BCUT2D eigenvalue weighted by Gasteiger charge is 2.21. The Hall–Kier alpha value is -3.33. The summed E-state index contributed by atoms with van der Waals surface area (Å²) in [4.78, 5) is 27.0. The van der Waals surface area contributed by atoms with Crippen molar-refractivity contribution < 1.29 is 13.9 Å². The Bertz CT molecular complexity index is 1120. The Labute approximate surface area is 219 Å². The third-order valence-electron chi connectivity index (χ3n) is 5.82. The van der Waals surface area contributed by atoms with Crippen molar-refractivity contribution in [2.75, 3.05) is 25.1 Å². The lowest BCUT2D eigenvalue weighted by atomic mass is 10.0. The second kappa shape index (κ2) is 14.4. The molecule has 0 radical (unpaired) electrons. The van der Waals surface area contributed by atoms with E-state index in [1.807, 2.05) is 19.2 Å². The molecule has 1 aromatic carbocycles. The number of hydrogen-bond donors (Lipinski definition) is 2. The molecular formula is C28H39FN6O2. The van der Waals surface area contributed by atoms with E-state index in [1.165, 1.54) is 12.1 Å². The number of carbonyl (C=O) groups is 1. The maximum absolute atomic E-state index is 13.3. The minimum Gasteiger partial charge on any atom is -0.382 e. The first-order chi connectivity index (χ1) is 17.9. The highest BCUT2D eigenvalue weighted by Crippen LogP contribution is 2.20. The van der Waals surface area contributed by atoms with E-state index in [1.54, 1.807) is 23.0 Å². The van der Waals surface area contributed by atoms with E-state index < -0.39 is 6.04 Å². The van der Waals surface area contributed by atoms with Crippen LogP contribution in [0.15, 0.2) is 42.9 Å². The molecule has 1 amide bonds. The van der Waals surface area contributed by atoms with Crippen molar-refractivity contribution in [1.82, 2.24) is 24.8 Å². The minimum absolute atomic E-state index is 0.0540. The molecule has 0 aliphatic heterocycles. The summed E-state index contributed by atoms with van der Waals surface area (Å²) >= 11 is 0. The van der Waals surface area contributed by atoms with E-state index in [4.69, 9.17) is 14.7 Å². The van der Waals surface area contributed by atoms with Gasteiger partial charge in [-0.2, -0.15) is 4.98 Å². The summed E-state index contributed by atoms with van der Waals surface area (Å²) in [6.45, 7) is 10.1. The quantitative estimate of drug-likeness (QED) is 0.274. The van der Waals surface area contributed by atoms with Gasteiger partial charge in [0.05, 0.1) is 5.69 Å². The number of nitrogens with one attached hydrogen (secondary N) is 2. The van der Waals surface area contributed by atoms with E-state index in [2.05, 4.69) is 36.4 Å². The van der Waals surface area contributed by atoms with Crippen LogP contribution in [0.2, 0.25) is 0 Å². The number of hydrogen-bond acceptors (Lipinski definition) is 6. The van der Waals surface area contributed by atoms with Crippen molar-refractivity contribution in [2.24, 2.45) is 5.92 Å². The van der Waals surface area contributed by atoms with Gasteiger partial charge >= 0.3 is 0 Å². The molecule has 0 saturated carbocycles. The Balaban J connectivity index is 1.82. The molecule has 8 nitrogen and oxygen atoms in total. The Morgan fingerprint density at radius 2 is 1.92 bits per heavy atom. The Morgan fingerprint density at radius 3 is 2.62 bits per heavy atom. The maximum Gasteiger partial charge on any atom is 0.242 e. The number of ether oxygens (including phenoxy) is 1. The van der Waals surface area contributed by atoms with Crippen molar-refractivity contribution in [3.63, 3.8) is 0 Å². The monoisotopic (exact) mass is 510 g/mol. The first kappa shape index (κ1) is 28.2. The number of benzene rings is 1. The third-order valence-corrected chi connectivity index (χ3v) is 5.82. The van der Waals surface area contributed by atoms with Crippen LogP contribution in [-0.4, -0.2) is 51.2 Å². The molecule has 9 heteroatoms. The van der Waals surface area contributed by atoms with Crippen LogP contribution in [0.25, 0.3) is 17.2 Å². The number of nitrogens with zero attached hydrogens (tertiary/aromatic N) is 4. The fraction of sp³-hybridized carbons (Fsp3) is 0.500. The van der Waals surface area contributed by atoms with Crippen molar-refractivity contribution in [3.05, 3.63) is 54.4 Å². The lowest BCUT2D eigenvalue weighted by Crippen LogP contribution is -2.41. The summed E-state index contributed by atoms with van der Waals surface area (Å²) in [6.07, 6.45) is 7.76. The SMILES string of the molecule is CCCCc1cc(N[C@@H](CC(C)C)C(=O)NCCCOCC)nc(-n2cnc(-c3ccc(F)cc3)c2)n1. The molecule has 0 spiro atoms. The molecule has 1 atom stereocenters. The normalized spacial score (nSPS) is 12.1. The lowest BCUT2D eigenvalue weighted by molar-refractivity contribution is -0.122. The van der Waals surface area contributed by atoms with Crippen molar-refractivity contribution in [3.8, 4) is 17.2 Å². The first-order valence-electron chi connectivity index (χ1n) is 13.2. The van der Waals surface area contributed by atoms with Gasteiger partial charge in [0, 0.05) is 43.3 Å². The van der Waals surface area contributed by atoms with Crippen LogP contribution in [0.5, 0.6) is 0 Å². The van der Waals surface area contributed by atoms with E-state index in [0.29, 0.717) is 49.6 Å². The summed E-state index contributed by atoms with van der Waals surface area (Å²) in [5.74, 6) is 1.04. The highest BCUT2D eigenvalue weighted by molar-refractivity contribution is 5.84. The maximum atomic E-state index is 13.3. The fourth-order valence-corrected chi connectivity index (χ4v) is 3.90. The van der Waals surface area contributed by atoms with Crippen LogP contribution in [0, 0.1) is 11.7 Å². The van der Waals surface area contributed by atoms with Crippen LogP contribution in [0.4, 0.5) is 10.2 Å². The second-order valence-electron chi connectivity index (χ2n) is 9.49. The minimum atomic E-state index is -0.425. The average Bonchev–Trinajstić information content (AvgIpc) is 3.37. The highest BCUT2D eigenvalue weighted by atomic mass is 19.1. The molecule has 0 unspecified atom stereocenters. The molecule has 37 heavy (non-hydrogen) atoms. The van der Waals surface area contributed by atoms with Gasteiger partial charge in [-0.15, -0.1) is 0 Å². The van der Waals surface area contributed by atoms with Crippen molar-refractivity contribution >= 4 is 11.7 Å². The molecule has 0 saturated heterocycles. The summed E-state index contributed by atoms with van der Waals surface area (Å²) in [5, 5.41) is 6.39. The lowest BCUT2D eigenvalue weighted by Gasteiger charge is -2.21. The van der Waals surface area contributed by atoms with E-state index in [-0.39, 0.29) is 11.7 Å². The number of unbranched alkanes of at least 4 members (excludes halogenated alkanes) is 1. The molecular weight excluding hydrogens is 471 g/mol. The smallest absolute Gasteiger partial charge is 0.242 e. The van der Waals surface area contributed by atoms with E-state index in [9.17, 15) is 9.18 Å². The van der Waals surface area contributed by atoms with Gasteiger partial charge in [-0.1, -0.05) is 27.2 Å². The fourth-order valence-electron chi connectivity index (χ4n) is 3.90. The summed E-state index contributed by atoms with van der Waals surface area (Å²) in [6, 6.07) is 7.71.